The monoisotopic (exact) mass is 459 g/mol. The summed E-state index contributed by atoms with van der Waals surface area (Å²) in [6.45, 7) is 7.48. The lowest BCUT2D eigenvalue weighted by Gasteiger charge is -2.26. The zero-order chi connectivity index (χ0) is 24.4. The number of amides is 1. The van der Waals surface area contributed by atoms with Crippen molar-refractivity contribution in [2.75, 3.05) is 13.7 Å². The van der Waals surface area contributed by atoms with Crippen LogP contribution in [-0.4, -0.2) is 48.6 Å². The smallest absolute Gasteiger partial charge is 0.407 e. The molecule has 0 aliphatic rings. The molecule has 8 nitrogen and oxygen atoms in total. The van der Waals surface area contributed by atoms with Crippen LogP contribution in [0, 0.1) is 0 Å². The second kappa shape index (κ2) is 12.1. The number of hydrogen-bond donors (Lipinski definition) is 2. The van der Waals surface area contributed by atoms with Gasteiger partial charge in [0.15, 0.2) is 17.6 Å². The molecule has 0 radical (unpaired) electrons. The van der Waals surface area contributed by atoms with E-state index < -0.39 is 29.8 Å². The summed E-state index contributed by atoms with van der Waals surface area (Å²) in [5.41, 5.74) is 0.761. The van der Waals surface area contributed by atoms with E-state index in [9.17, 15) is 14.7 Å². The molecule has 2 N–H and O–H groups in total. The van der Waals surface area contributed by atoms with Gasteiger partial charge >= 0.3 is 12.1 Å². The molecule has 33 heavy (non-hydrogen) atoms. The average molecular weight is 460 g/mol. The third-order valence-electron chi connectivity index (χ3n) is 4.53. The number of hydrogen-bond acceptors (Lipinski definition) is 7. The molecule has 2 aromatic carbocycles. The van der Waals surface area contributed by atoms with E-state index in [-0.39, 0.29) is 13.0 Å². The molecule has 2 aromatic rings. The predicted molar refractivity (Wildman–Crippen MR) is 123 cm³/mol. The average Bonchev–Trinajstić information content (AvgIpc) is 2.76. The first-order valence-electron chi connectivity index (χ1n) is 10.8. The van der Waals surface area contributed by atoms with Crippen LogP contribution < -0.4 is 14.8 Å². The maximum atomic E-state index is 12.6. The topological polar surface area (TPSA) is 103 Å². The number of aliphatic hydroxyl groups is 1. The Bertz CT molecular complexity index is 909. The zero-order valence-electron chi connectivity index (χ0n) is 19.8. The number of carbonyl (C=O) groups excluding carboxylic acids is 2. The molecule has 0 heterocycles. The minimum atomic E-state index is -1.61. The number of nitrogens with one attached hydrogen (secondary N) is 1. The number of alkyl carbamates (subject to hydrolysis) is 1. The van der Waals surface area contributed by atoms with Crippen LogP contribution in [0.5, 0.6) is 11.5 Å². The molecule has 0 saturated carbocycles. The summed E-state index contributed by atoms with van der Waals surface area (Å²) in [5.74, 6) is 0.230. The Kier molecular flexibility index (Phi) is 9.54. The van der Waals surface area contributed by atoms with E-state index in [4.69, 9.17) is 18.9 Å². The third-order valence-corrected chi connectivity index (χ3v) is 4.53. The van der Waals surface area contributed by atoms with Crippen molar-refractivity contribution in [3.05, 3.63) is 59.7 Å². The Hall–Kier alpha value is -3.26. The van der Waals surface area contributed by atoms with Crippen molar-refractivity contribution in [1.82, 2.24) is 5.32 Å². The van der Waals surface area contributed by atoms with Crippen molar-refractivity contribution < 1.29 is 33.6 Å². The molecular formula is C25H33NO7. The lowest BCUT2D eigenvalue weighted by Crippen LogP contribution is -2.50. The largest absolute Gasteiger partial charge is 0.493 e. The van der Waals surface area contributed by atoms with Gasteiger partial charge in [-0.15, -0.1) is 0 Å². The highest BCUT2D eigenvalue weighted by Gasteiger charge is 2.31. The molecule has 0 aromatic heterocycles. The highest BCUT2D eigenvalue weighted by Crippen LogP contribution is 2.28. The molecule has 8 heteroatoms. The molecule has 0 spiro atoms. The number of aliphatic hydroxyl groups excluding tert-OH is 1. The molecule has 0 aliphatic carbocycles. The van der Waals surface area contributed by atoms with Gasteiger partial charge in [-0.05, 0) is 57.4 Å². The molecule has 0 fully saturated rings. The quantitative estimate of drug-likeness (QED) is 0.523. The summed E-state index contributed by atoms with van der Waals surface area (Å²) < 4.78 is 21.5. The molecule has 2 atom stereocenters. The fraction of sp³-hybridized carbons (Fsp3) is 0.440. The van der Waals surface area contributed by atoms with Crippen LogP contribution in [0.2, 0.25) is 0 Å². The van der Waals surface area contributed by atoms with Gasteiger partial charge in [-0.3, -0.25) is 0 Å². The van der Waals surface area contributed by atoms with Crippen molar-refractivity contribution in [1.29, 1.82) is 0 Å². The van der Waals surface area contributed by atoms with Gasteiger partial charge in [-0.1, -0.05) is 36.4 Å². The number of carbonyl (C=O) groups is 2. The Morgan fingerprint density at radius 3 is 2.33 bits per heavy atom. The second-order valence-corrected chi connectivity index (χ2v) is 8.41. The van der Waals surface area contributed by atoms with E-state index in [1.54, 1.807) is 39.0 Å². The normalized spacial score (nSPS) is 12.9. The maximum Gasteiger partial charge on any atom is 0.407 e. The molecule has 0 bridgehead atoms. The summed E-state index contributed by atoms with van der Waals surface area (Å²) >= 11 is 0. The van der Waals surface area contributed by atoms with E-state index in [1.807, 2.05) is 37.3 Å². The van der Waals surface area contributed by atoms with Gasteiger partial charge in [0.25, 0.3) is 0 Å². The Balaban J connectivity index is 2.18. The van der Waals surface area contributed by atoms with Gasteiger partial charge in [-0.25, -0.2) is 9.59 Å². The van der Waals surface area contributed by atoms with E-state index in [2.05, 4.69) is 5.32 Å². The SMILES string of the molecule is CCOc1cc(CC(NC(=O)OC(C)(C)C)C(O)C(=O)OCc2ccccc2)ccc1OC. The van der Waals surface area contributed by atoms with Crippen molar-refractivity contribution in [3.63, 3.8) is 0 Å². The van der Waals surface area contributed by atoms with Crippen molar-refractivity contribution in [2.45, 2.75) is 58.5 Å². The highest BCUT2D eigenvalue weighted by atomic mass is 16.6. The molecule has 2 unspecified atom stereocenters. The lowest BCUT2D eigenvalue weighted by molar-refractivity contribution is -0.156. The van der Waals surface area contributed by atoms with Crippen LogP contribution >= 0.6 is 0 Å². The third kappa shape index (κ3) is 8.65. The highest BCUT2D eigenvalue weighted by molar-refractivity contribution is 5.77. The van der Waals surface area contributed by atoms with Crippen LogP contribution in [0.3, 0.4) is 0 Å². The van der Waals surface area contributed by atoms with Crippen molar-refractivity contribution >= 4 is 12.1 Å². The Morgan fingerprint density at radius 2 is 1.73 bits per heavy atom. The Labute approximate surface area is 194 Å². The van der Waals surface area contributed by atoms with Crippen LogP contribution in [0.1, 0.15) is 38.8 Å². The molecule has 180 valence electrons. The van der Waals surface area contributed by atoms with Crippen LogP contribution in [0.15, 0.2) is 48.5 Å². The van der Waals surface area contributed by atoms with E-state index >= 15 is 0 Å². The minimum absolute atomic E-state index is 0.00686. The van der Waals surface area contributed by atoms with E-state index in [0.717, 1.165) is 11.1 Å². The number of benzene rings is 2. The van der Waals surface area contributed by atoms with Crippen LogP contribution in [0.4, 0.5) is 4.79 Å². The molecule has 0 saturated heterocycles. The summed E-state index contributed by atoms with van der Waals surface area (Å²) in [6, 6.07) is 13.4. The van der Waals surface area contributed by atoms with Crippen molar-refractivity contribution in [3.8, 4) is 11.5 Å². The lowest BCUT2D eigenvalue weighted by atomic mass is 10.0. The summed E-state index contributed by atoms with van der Waals surface area (Å²) in [6.07, 6.45) is -2.23. The van der Waals surface area contributed by atoms with Gasteiger partial charge in [0.2, 0.25) is 0 Å². The fourth-order valence-electron chi connectivity index (χ4n) is 3.05. The number of esters is 1. The minimum Gasteiger partial charge on any atom is -0.493 e. The van der Waals surface area contributed by atoms with Gasteiger partial charge in [0.05, 0.1) is 19.8 Å². The van der Waals surface area contributed by atoms with Gasteiger partial charge in [0, 0.05) is 0 Å². The molecular weight excluding hydrogens is 426 g/mol. The summed E-state index contributed by atoms with van der Waals surface area (Å²) in [7, 11) is 1.54. The number of methoxy groups -OCH3 is 1. The Morgan fingerprint density at radius 1 is 1.03 bits per heavy atom. The van der Waals surface area contributed by atoms with Gasteiger partial charge in [-0.2, -0.15) is 0 Å². The number of rotatable bonds is 10. The maximum absolute atomic E-state index is 12.6. The first kappa shape index (κ1) is 26.0. The standard InChI is InChI=1S/C25H33NO7/c1-6-31-21-15-18(12-13-20(21)30-5)14-19(26-24(29)33-25(2,3)4)22(27)23(28)32-16-17-10-8-7-9-11-17/h7-13,15,19,22,27H,6,14,16H2,1-5H3,(H,26,29). The molecule has 0 aliphatic heterocycles. The van der Waals surface area contributed by atoms with Gasteiger partial charge < -0.3 is 29.4 Å². The predicted octanol–water partition coefficient (Wildman–Crippen LogP) is 3.63. The molecule has 1 amide bonds. The number of ether oxygens (including phenoxy) is 4. The van der Waals surface area contributed by atoms with E-state index in [1.165, 1.54) is 7.11 Å². The van der Waals surface area contributed by atoms with Crippen LogP contribution in [-0.2, 0) is 27.3 Å². The van der Waals surface area contributed by atoms with Crippen molar-refractivity contribution in [2.24, 2.45) is 0 Å². The first-order valence-corrected chi connectivity index (χ1v) is 10.8. The van der Waals surface area contributed by atoms with Gasteiger partial charge in [0.1, 0.15) is 12.2 Å². The molecule has 2 rings (SSSR count). The summed E-state index contributed by atoms with van der Waals surface area (Å²) in [5, 5.41) is 13.3. The van der Waals surface area contributed by atoms with Crippen LogP contribution in [0.25, 0.3) is 0 Å². The second-order valence-electron chi connectivity index (χ2n) is 8.41. The summed E-state index contributed by atoms with van der Waals surface area (Å²) in [4.78, 5) is 25.0. The zero-order valence-corrected chi connectivity index (χ0v) is 19.8. The fourth-order valence-corrected chi connectivity index (χ4v) is 3.05. The van der Waals surface area contributed by atoms with E-state index in [0.29, 0.717) is 18.1 Å². The first-order chi connectivity index (χ1) is 15.6.